The lowest BCUT2D eigenvalue weighted by atomic mass is 10.2. The van der Waals surface area contributed by atoms with Crippen molar-refractivity contribution in [1.29, 1.82) is 0 Å². The largest absolute Gasteiger partial charge is 0.205 e. The quantitative estimate of drug-likeness (QED) is 0.788. The van der Waals surface area contributed by atoms with Crippen LogP contribution < -0.4 is 0 Å². The maximum Gasteiger partial charge on any atom is 0.150 e. The highest BCUT2D eigenvalue weighted by Crippen LogP contribution is 2.30. The molecule has 0 fully saturated rings. The molecule has 0 atom stereocenters. The summed E-state index contributed by atoms with van der Waals surface area (Å²) in [7, 11) is 0. The topological polar surface area (TPSA) is 25.8 Å². The van der Waals surface area contributed by atoms with Crippen LogP contribution in [-0.2, 0) is 5.88 Å². The molecule has 0 bridgehead atoms. The Bertz CT molecular complexity index is 489. The fourth-order valence-electron chi connectivity index (χ4n) is 1.09. The lowest BCUT2D eigenvalue weighted by Gasteiger charge is -1.99. The molecule has 0 radical (unpaired) electrons. The fraction of sp³-hybridized carbons (Fsp3) is 0.111. The summed E-state index contributed by atoms with van der Waals surface area (Å²) in [5.41, 5.74) is 0.443. The zero-order valence-corrected chi connectivity index (χ0v) is 10.5. The van der Waals surface area contributed by atoms with E-state index in [2.05, 4.69) is 26.1 Å². The van der Waals surface area contributed by atoms with Gasteiger partial charge in [0, 0.05) is 5.56 Å². The van der Waals surface area contributed by atoms with Crippen molar-refractivity contribution >= 4 is 38.9 Å². The molecule has 15 heavy (non-hydrogen) atoms. The number of hydrogen-bond acceptors (Lipinski definition) is 3. The van der Waals surface area contributed by atoms with Crippen molar-refractivity contribution in [2.75, 3.05) is 0 Å². The Morgan fingerprint density at radius 1 is 1.40 bits per heavy atom. The summed E-state index contributed by atoms with van der Waals surface area (Å²) in [6.45, 7) is 0. The van der Waals surface area contributed by atoms with Gasteiger partial charge >= 0.3 is 0 Å². The van der Waals surface area contributed by atoms with Crippen LogP contribution in [0.3, 0.4) is 0 Å². The average Bonchev–Trinajstić information content (AvgIpc) is 2.70. The van der Waals surface area contributed by atoms with Crippen molar-refractivity contribution < 1.29 is 4.39 Å². The van der Waals surface area contributed by atoms with E-state index in [9.17, 15) is 4.39 Å². The molecule has 78 valence electrons. The molecule has 0 spiro atoms. The van der Waals surface area contributed by atoms with Crippen LogP contribution in [-0.4, -0.2) is 10.2 Å². The summed E-state index contributed by atoms with van der Waals surface area (Å²) in [6, 6.07) is 5.06. The fourth-order valence-corrected chi connectivity index (χ4v) is 2.38. The number of rotatable bonds is 2. The molecule has 0 saturated heterocycles. The van der Waals surface area contributed by atoms with E-state index >= 15 is 0 Å². The van der Waals surface area contributed by atoms with Gasteiger partial charge in [0.05, 0.1) is 10.4 Å². The van der Waals surface area contributed by atoms with E-state index in [1.165, 1.54) is 11.3 Å². The maximum atomic E-state index is 13.7. The van der Waals surface area contributed by atoms with Crippen LogP contribution in [0, 0.1) is 5.82 Å². The molecule has 0 aliphatic rings. The molecular formula is C9H5BrClFN2S. The smallest absolute Gasteiger partial charge is 0.150 e. The first-order valence-electron chi connectivity index (χ1n) is 4.05. The molecule has 2 nitrogen and oxygen atoms in total. The number of nitrogens with zero attached hydrogens (tertiary/aromatic N) is 2. The maximum absolute atomic E-state index is 13.7. The molecule has 2 rings (SSSR count). The van der Waals surface area contributed by atoms with Gasteiger partial charge in [0.15, 0.2) is 5.01 Å². The summed E-state index contributed by atoms with van der Waals surface area (Å²) in [5.74, 6) is -0.0254. The van der Waals surface area contributed by atoms with Gasteiger partial charge in [-0.15, -0.1) is 21.8 Å². The molecule has 1 aromatic heterocycles. The molecule has 0 saturated carbocycles. The molecule has 0 aliphatic carbocycles. The highest BCUT2D eigenvalue weighted by atomic mass is 79.9. The molecule has 6 heteroatoms. The Morgan fingerprint density at radius 2 is 2.20 bits per heavy atom. The Kier molecular flexibility index (Phi) is 3.33. The van der Waals surface area contributed by atoms with Crippen molar-refractivity contribution in [2.45, 2.75) is 5.88 Å². The number of benzene rings is 1. The summed E-state index contributed by atoms with van der Waals surface area (Å²) >= 11 is 10.0. The van der Waals surface area contributed by atoms with Crippen molar-refractivity contribution in [1.82, 2.24) is 10.2 Å². The summed E-state index contributed by atoms with van der Waals surface area (Å²) in [6.07, 6.45) is 0. The van der Waals surface area contributed by atoms with E-state index in [0.29, 0.717) is 25.9 Å². The summed E-state index contributed by atoms with van der Waals surface area (Å²) < 4.78 is 14.1. The minimum atomic E-state index is -0.324. The first kappa shape index (κ1) is 11.0. The van der Waals surface area contributed by atoms with Crippen LogP contribution in [0.2, 0.25) is 0 Å². The van der Waals surface area contributed by atoms with Crippen LogP contribution in [0.1, 0.15) is 5.01 Å². The number of aromatic nitrogens is 2. The second kappa shape index (κ2) is 4.55. The lowest BCUT2D eigenvalue weighted by molar-refractivity contribution is 0.624. The second-order valence-electron chi connectivity index (χ2n) is 2.74. The summed E-state index contributed by atoms with van der Waals surface area (Å²) in [4.78, 5) is 0. The minimum Gasteiger partial charge on any atom is -0.205 e. The lowest BCUT2D eigenvalue weighted by Crippen LogP contribution is -1.84. The van der Waals surface area contributed by atoms with Crippen LogP contribution in [0.25, 0.3) is 10.6 Å². The number of halogens is 3. The minimum absolute atomic E-state index is 0.299. The van der Waals surface area contributed by atoms with E-state index in [0.717, 1.165) is 0 Å². The van der Waals surface area contributed by atoms with Crippen molar-refractivity contribution in [3.63, 3.8) is 0 Å². The van der Waals surface area contributed by atoms with E-state index in [4.69, 9.17) is 11.6 Å². The normalized spacial score (nSPS) is 10.6. The van der Waals surface area contributed by atoms with Crippen molar-refractivity contribution in [2.24, 2.45) is 0 Å². The summed E-state index contributed by atoms with van der Waals surface area (Å²) in [5, 5.41) is 8.95. The van der Waals surface area contributed by atoms with Gasteiger partial charge in [-0.1, -0.05) is 17.4 Å². The molecule has 2 aromatic rings. The third-order valence-electron chi connectivity index (χ3n) is 1.76. The first-order chi connectivity index (χ1) is 7.22. The average molecular weight is 308 g/mol. The highest BCUT2D eigenvalue weighted by molar-refractivity contribution is 9.10. The zero-order valence-electron chi connectivity index (χ0n) is 7.38. The molecule has 0 unspecified atom stereocenters. The van der Waals surface area contributed by atoms with Crippen LogP contribution in [0.4, 0.5) is 4.39 Å². The number of alkyl halides is 1. The Hall–Kier alpha value is -0.520. The molecule has 1 heterocycles. The van der Waals surface area contributed by atoms with Gasteiger partial charge in [0.25, 0.3) is 0 Å². The molecule has 0 amide bonds. The predicted octanol–water partition coefficient (Wildman–Crippen LogP) is 3.85. The van der Waals surface area contributed by atoms with E-state index < -0.39 is 0 Å². The van der Waals surface area contributed by atoms with Gasteiger partial charge in [-0.25, -0.2) is 4.39 Å². The van der Waals surface area contributed by atoms with E-state index in [1.54, 1.807) is 18.2 Å². The second-order valence-corrected chi connectivity index (χ2v) is 4.92. The molecule has 0 aliphatic heterocycles. The molecular weight excluding hydrogens is 303 g/mol. The SMILES string of the molecule is Fc1c(Br)cccc1-c1nnc(CCl)s1. The monoisotopic (exact) mass is 306 g/mol. The van der Waals surface area contributed by atoms with Gasteiger partial charge in [0.2, 0.25) is 0 Å². The van der Waals surface area contributed by atoms with Gasteiger partial charge in [0.1, 0.15) is 10.8 Å². The Labute approximate surface area is 103 Å². The Morgan fingerprint density at radius 3 is 2.87 bits per heavy atom. The van der Waals surface area contributed by atoms with Gasteiger partial charge in [-0.2, -0.15) is 0 Å². The van der Waals surface area contributed by atoms with E-state index in [1.807, 2.05) is 0 Å². The first-order valence-corrected chi connectivity index (χ1v) is 6.19. The molecule has 1 aromatic carbocycles. The van der Waals surface area contributed by atoms with Gasteiger partial charge in [-0.3, -0.25) is 0 Å². The third-order valence-corrected chi connectivity index (χ3v) is 3.74. The Balaban J connectivity index is 2.49. The van der Waals surface area contributed by atoms with E-state index in [-0.39, 0.29) is 5.82 Å². The predicted molar refractivity (Wildman–Crippen MR) is 62.6 cm³/mol. The van der Waals surface area contributed by atoms with Gasteiger partial charge < -0.3 is 0 Å². The standard InChI is InChI=1S/C9H5BrClFN2S/c10-6-3-1-2-5(8(6)12)9-14-13-7(4-11)15-9/h1-3H,4H2. The number of hydrogen-bond donors (Lipinski definition) is 0. The van der Waals surface area contributed by atoms with Crippen LogP contribution in [0.5, 0.6) is 0 Å². The van der Waals surface area contributed by atoms with Crippen LogP contribution in [0.15, 0.2) is 22.7 Å². The zero-order chi connectivity index (χ0) is 10.8. The van der Waals surface area contributed by atoms with Gasteiger partial charge in [-0.05, 0) is 28.1 Å². The third kappa shape index (κ3) is 2.19. The van der Waals surface area contributed by atoms with Crippen molar-refractivity contribution in [3.05, 3.63) is 33.5 Å². The van der Waals surface area contributed by atoms with Crippen molar-refractivity contribution in [3.8, 4) is 10.6 Å². The molecule has 0 N–H and O–H groups in total. The van der Waals surface area contributed by atoms with Crippen LogP contribution >= 0.6 is 38.9 Å². The highest BCUT2D eigenvalue weighted by Gasteiger charge is 2.12.